The number of carbonyl (C=O) groups is 1. The van der Waals surface area contributed by atoms with Crippen LogP contribution in [0, 0.1) is 6.92 Å². The van der Waals surface area contributed by atoms with Gasteiger partial charge in [0.1, 0.15) is 4.83 Å². The van der Waals surface area contributed by atoms with Crippen LogP contribution in [0.2, 0.25) is 0 Å². The number of thiophene rings is 1. The minimum absolute atomic E-state index is 0.0457. The number of fused-ring (bicyclic) bond motifs is 3. The molecule has 2 heterocycles. The Balaban J connectivity index is 1.71. The maximum atomic E-state index is 13.2. The minimum atomic E-state index is -0.306. The summed E-state index contributed by atoms with van der Waals surface area (Å²) in [5, 5.41) is 1.15. The second kappa shape index (κ2) is 7.84. The number of carbonyl (C=O) groups excluding carboxylic acids is 1. The smallest absolute Gasteiger partial charge is 0.263 e. The SMILES string of the molecule is CCn1c(S[C@H](C)C(=O)c2ccc(C)cc2)nc2sc3c(c2c1=O)CCCC3. The number of nitrogens with zero attached hydrogens (tertiary/aromatic N) is 2. The molecular formula is C22H24N2O2S2. The van der Waals surface area contributed by atoms with Gasteiger partial charge in [-0.25, -0.2) is 4.98 Å². The first-order valence-electron chi connectivity index (χ1n) is 9.82. The van der Waals surface area contributed by atoms with Gasteiger partial charge in [0.05, 0.1) is 10.6 Å². The lowest BCUT2D eigenvalue weighted by molar-refractivity contribution is 0.0994. The number of hydrogen-bond donors (Lipinski definition) is 0. The van der Waals surface area contributed by atoms with Crippen LogP contribution in [0.25, 0.3) is 10.2 Å². The topological polar surface area (TPSA) is 52.0 Å². The maximum Gasteiger partial charge on any atom is 0.263 e. The molecule has 1 aromatic carbocycles. The molecule has 0 bridgehead atoms. The molecule has 0 radical (unpaired) electrons. The van der Waals surface area contributed by atoms with Crippen molar-refractivity contribution in [2.45, 2.75) is 63.4 Å². The third-order valence-corrected chi connectivity index (χ3v) is 7.62. The molecule has 1 atom stereocenters. The zero-order chi connectivity index (χ0) is 19.8. The van der Waals surface area contributed by atoms with E-state index in [1.807, 2.05) is 45.0 Å². The number of Topliss-reactive ketones (excluding diaryl/α,β-unsaturated/α-hetero) is 1. The highest BCUT2D eigenvalue weighted by Crippen LogP contribution is 2.35. The lowest BCUT2D eigenvalue weighted by Crippen LogP contribution is -2.24. The van der Waals surface area contributed by atoms with Gasteiger partial charge < -0.3 is 0 Å². The first-order chi connectivity index (χ1) is 13.5. The van der Waals surface area contributed by atoms with E-state index in [0.29, 0.717) is 17.3 Å². The van der Waals surface area contributed by atoms with E-state index < -0.39 is 0 Å². The fourth-order valence-electron chi connectivity index (χ4n) is 3.75. The monoisotopic (exact) mass is 412 g/mol. The van der Waals surface area contributed by atoms with Crippen molar-refractivity contribution in [3.05, 3.63) is 56.2 Å². The predicted molar refractivity (Wildman–Crippen MR) is 117 cm³/mol. The lowest BCUT2D eigenvalue weighted by Gasteiger charge is -2.15. The molecule has 0 amide bonds. The van der Waals surface area contributed by atoms with Gasteiger partial charge in [-0.3, -0.25) is 14.2 Å². The van der Waals surface area contributed by atoms with E-state index in [2.05, 4.69) is 0 Å². The maximum absolute atomic E-state index is 13.2. The van der Waals surface area contributed by atoms with Gasteiger partial charge in [0.15, 0.2) is 10.9 Å². The Hall–Kier alpha value is -1.92. The van der Waals surface area contributed by atoms with Crippen LogP contribution < -0.4 is 5.56 Å². The van der Waals surface area contributed by atoms with Crippen molar-refractivity contribution in [2.24, 2.45) is 0 Å². The van der Waals surface area contributed by atoms with Crippen LogP contribution in [0.1, 0.15) is 53.1 Å². The Morgan fingerprint density at radius 2 is 1.96 bits per heavy atom. The summed E-state index contributed by atoms with van der Waals surface area (Å²) in [4.78, 5) is 33.0. The third kappa shape index (κ3) is 3.44. The van der Waals surface area contributed by atoms with Crippen LogP contribution in [0.3, 0.4) is 0 Å². The summed E-state index contributed by atoms with van der Waals surface area (Å²) in [6.45, 7) is 6.42. The fraction of sp³-hybridized carbons (Fsp3) is 0.409. The van der Waals surface area contributed by atoms with E-state index in [1.165, 1.54) is 28.6 Å². The van der Waals surface area contributed by atoms with Crippen molar-refractivity contribution in [3.8, 4) is 0 Å². The number of aromatic nitrogens is 2. The van der Waals surface area contributed by atoms with Crippen molar-refractivity contribution in [3.63, 3.8) is 0 Å². The Morgan fingerprint density at radius 1 is 1.25 bits per heavy atom. The van der Waals surface area contributed by atoms with Crippen molar-refractivity contribution in [2.75, 3.05) is 0 Å². The number of rotatable bonds is 5. The molecule has 146 valence electrons. The van der Waals surface area contributed by atoms with E-state index in [1.54, 1.807) is 15.9 Å². The van der Waals surface area contributed by atoms with Crippen LogP contribution in [0.15, 0.2) is 34.2 Å². The Labute approximate surface area is 173 Å². The van der Waals surface area contributed by atoms with Crippen molar-refractivity contribution >= 4 is 39.1 Å². The Kier molecular flexibility index (Phi) is 5.43. The molecule has 4 nitrogen and oxygen atoms in total. The largest absolute Gasteiger partial charge is 0.293 e. The van der Waals surface area contributed by atoms with Gasteiger partial charge >= 0.3 is 0 Å². The van der Waals surface area contributed by atoms with Gasteiger partial charge in [-0.1, -0.05) is 41.6 Å². The van der Waals surface area contributed by atoms with E-state index in [9.17, 15) is 9.59 Å². The number of benzene rings is 1. The van der Waals surface area contributed by atoms with Crippen molar-refractivity contribution in [1.82, 2.24) is 9.55 Å². The number of ketones is 1. The molecule has 0 saturated carbocycles. The van der Waals surface area contributed by atoms with E-state index in [-0.39, 0.29) is 16.6 Å². The molecule has 3 aromatic rings. The molecular weight excluding hydrogens is 388 g/mol. The van der Waals surface area contributed by atoms with E-state index in [4.69, 9.17) is 4.98 Å². The molecule has 0 unspecified atom stereocenters. The summed E-state index contributed by atoms with van der Waals surface area (Å²) in [5.74, 6) is 0.0625. The zero-order valence-electron chi connectivity index (χ0n) is 16.4. The van der Waals surface area contributed by atoms with Crippen molar-refractivity contribution < 1.29 is 4.79 Å². The summed E-state index contributed by atoms with van der Waals surface area (Å²) < 4.78 is 1.73. The second-order valence-corrected chi connectivity index (χ2v) is 9.72. The highest BCUT2D eigenvalue weighted by molar-refractivity contribution is 8.00. The highest BCUT2D eigenvalue weighted by Gasteiger charge is 2.24. The van der Waals surface area contributed by atoms with Gasteiger partial charge in [0.2, 0.25) is 0 Å². The quantitative estimate of drug-likeness (QED) is 0.335. The standard InChI is InChI=1S/C22H24N2O2S2/c1-4-24-21(26)18-16-7-5-6-8-17(16)28-20(18)23-22(24)27-14(3)19(25)15-11-9-13(2)10-12-15/h9-12,14H,4-8H2,1-3H3/t14-/m1/s1. The highest BCUT2D eigenvalue weighted by atomic mass is 32.2. The molecule has 4 rings (SSSR count). The lowest BCUT2D eigenvalue weighted by atomic mass is 9.97. The molecule has 0 saturated heterocycles. The third-order valence-electron chi connectivity index (χ3n) is 5.34. The van der Waals surface area contributed by atoms with E-state index >= 15 is 0 Å². The summed E-state index contributed by atoms with van der Waals surface area (Å²) >= 11 is 3.04. The van der Waals surface area contributed by atoms with Gasteiger partial charge in [0.25, 0.3) is 5.56 Å². The summed E-state index contributed by atoms with van der Waals surface area (Å²) in [6.07, 6.45) is 4.35. The Bertz CT molecular complexity index is 1100. The molecule has 1 aliphatic carbocycles. The number of aryl methyl sites for hydroxylation is 3. The van der Waals surface area contributed by atoms with Gasteiger partial charge in [-0.05, 0) is 52.0 Å². The zero-order valence-corrected chi connectivity index (χ0v) is 18.1. The molecule has 0 fully saturated rings. The molecule has 2 aromatic heterocycles. The molecule has 0 aliphatic heterocycles. The van der Waals surface area contributed by atoms with Crippen molar-refractivity contribution in [1.29, 1.82) is 0 Å². The second-order valence-electron chi connectivity index (χ2n) is 7.33. The number of hydrogen-bond acceptors (Lipinski definition) is 5. The first-order valence-corrected chi connectivity index (χ1v) is 11.5. The van der Waals surface area contributed by atoms with Crippen LogP contribution >= 0.6 is 23.1 Å². The fourth-order valence-corrected chi connectivity index (χ4v) is 6.11. The van der Waals surface area contributed by atoms with Gasteiger partial charge in [0, 0.05) is 17.0 Å². The van der Waals surface area contributed by atoms with Crippen LogP contribution in [-0.2, 0) is 19.4 Å². The van der Waals surface area contributed by atoms with Crippen LogP contribution in [0.4, 0.5) is 0 Å². The minimum Gasteiger partial charge on any atom is -0.293 e. The molecule has 1 aliphatic rings. The average Bonchev–Trinajstić information content (AvgIpc) is 3.06. The number of thioether (sulfide) groups is 1. The van der Waals surface area contributed by atoms with E-state index in [0.717, 1.165) is 35.0 Å². The van der Waals surface area contributed by atoms with Gasteiger partial charge in [-0.2, -0.15) is 0 Å². The van der Waals surface area contributed by atoms with Crippen LogP contribution in [0.5, 0.6) is 0 Å². The normalized spacial score (nSPS) is 14.8. The van der Waals surface area contributed by atoms with Crippen LogP contribution in [-0.4, -0.2) is 20.6 Å². The summed E-state index contributed by atoms with van der Waals surface area (Å²) in [5.41, 5.74) is 3.09. The van der Waals surface area contributed by atoms with Gasteiger partial charge in [-0.15, -0.1) is 11.3 Å². The molecule has 28 heavy (non-hydrogen) atoms. The Morgan fingerprint density at radius 3 is 2.68 bits per heavy atom. The predicted octanol–water partition coefficient (Wildman–Crippen LogP) is 5.03. The average molecular weight is 413 g/mol. The molecule has 0 N–H and O–H groups in total. The molecule has 0 spiro atoms. The molecule has 6 heteroatoms. The first kappa shape index (κ1) is 19.4. The summed E-state index contributed by atoms with van der Waals surface area (Å²) in [6, 6.07) is 7.64. The summed E-state index contributed by atoms with van der Waals surface area (Å²) in [7, 11) is 0.